The topological polar surface area (TPSA) is 87.7 Å². The number of nitrogens with zero attached hydrogens (tertiary/aromatic N) is 1. The van der Waals surface area contributed by atoms with E-state index >= 15 is 0 Å². The van der Waals surface area contributed by atoms with Crippen molar-refractivity contribution < 1.29 is 19.1 Å². The van der Waals surface area contributed by atoms with Crippen LogP contribution >= 0.6 is 0 Å². The molecule has 0 aromatic heterocycles. The molecule has 0 spiro atoms. The van der Waals surface area contributed by atoms with Crippen molar-refractivity contribution >= 4 is 17.9 Å². The molecule has 0 aliphatic carbocycles. The highest BCUT2D eigenvalue weighted by Crippen LogP contribution is 2.27. The lowest BCUT2D eigenvalue weighted by molar-refractivity contribution is -0.141. The summed E-state index contributed by atoms with van der Waals surface area (Å²) in [6.45, 7) is 13.5. The fourth-order valence-electron chi connectivity index (χ4n) is 4.63. The van der Waals surface area contributed by atoms with Crippen LogP contribution in [0.2, 0.25) is 0 Å². The van der Waals surface area contributed by atoms with Crippen LogP contribution in [0.25, 0.3) is 0 Å². The van der Waals surface area contributed by atoms with Gasteiger partial charge in [-0.15, -0.1) is 6.58 Å². The van der Waals surface area contributed by atoms with Gasteiger partial charge < -0.3 is 20.3 Å². The van der Waals surface area contributed by atoms with Gasteiger partial charge in [-0.1, -0.05) is 90.5 Å². The first-order valence-electron chi connectivity index (χ1n) is 13.8. The van der Waals surface area contributed by atoms with Crippen molar-refractivity contribution in [2.24, 2.45) is 0 Å². The molecule has 3 amide bonds. The van der Waals surface area contributed by atoms with Crippen LogP contribution in [-0.2, 0) is 27.3 Å². The molecular formula is C34H41N3O4. The molecule has 0 radical (unpaired) electrons. The third-order valence-corrected chi connectivity index (χ3v) is 6.47. The lowest BCUT2D eigenvalue weighted by Crippen LogP contribution is -2.54. The van der Waals surface area contributed by atoms with Crippen molar-refractivity contribution in [2.45, 2.75) is 65.3 Å². The maximum absolute atomic E-state index is 14.3. The average molecular weight is 556 g/mol. The van der Waals surface area contributed by atoms with Crippen LogP contribution in [0.4, 0.5) is 4.79 Å². The van der Waals surface area contributed by atoms with E-state index in [2.05, 4.69) is 17.2 Å². The molecule has 0 heterocycles. The second-order valence-electron chi connectivity index (χ2n) is 11.1. The molecule has 2 N–H and O–H groups in total. The van der Waals surface area contributed by atoms with E-state index in [4.69, 9.17) is 4.74 Å². The van der Waals surface area contributed by atoms with Gasteiger partial charge in [0, 0.05) is 19.5 Å². The Morgan fingerprint density at radius 2 is 1.54 bits per heavy atom. The van der Waals surface area contributed by atoms with Gasteiger partial charge in [0.25, 0.3) is 0 Å². The van der Waals surface area contributed by atoms with Gasteiger partial charge >= 0.3 is 6.09 Å². The molecule has 2 atom stereocenters. The summed E-state index contributed by atoms with van der Waals surface area (Å²) in [5.74, 6) is -0.744. The van der Waals surface area contributed by atoms with Gasteiger partial charge in [-0.3, -0.25) is 9.59 Å². The van der Waals surface area contributed by atoms with E-state index in [-0.39, 0.29) is 18.9 Å². The zero-order valence-electron chi connectivity index (χ0n) is 24.6. The summed E-state index contributed by atoms with van der Waals surface area (Å²) in [6.07, 6.45) is 1.10. The van der Waals surface area contributed by atoms with Crippen LogP contribution in [0.1, 0.15) is 54.6 Å². The first-order valence-corrected chi connectivity index (χ1v) is 13.8. The summed E-state index contributed by atoms with van der Waals surface area (Å²) in [6, 6.07) is 22.9. The van der Waals surface area contributed by atoms with Crippen molar-refractivity contribution in [1.29, 1.82) is 0 Å². The van der Waals surface area contributed by atoms with E-state index < -0.39 is 29.7 Å². The molecule has 0 aliphatic rings. The maximum atomic E-state index is 14.3. The van der Waals surface area contributed by atoms with Crippen LogP contribution in [0, 0.1) is 13.8 Å². The van der Waals surface area contributed by atoms with Gasteiger partial charge in [-0.2, -0.15) is 0 Å². The highest BCUT2D eigenvalue weighted by molar-refractivity contribution is 5.92. The van der Waals surface area contributed by atoms with Gasteiger partial charge in [-0.25, -0.2) is 4.79 Å². The Hall–Kier alpha value is -4.39. The minimum Gasteiger partial charge on any atom is -0.444 e. The summed E-state index contributed by atoms with van der Waals surface area (Å²) in [5, 5.41) is 5.78. The number of amides is 3. The Bertz CT molecular complexity index is 1330. The van der Waals surface area contributed by atoms with Gasteiger partial charge in [0.1, 0.15) is 17.7 Å². The molecule has 7 nitrogen and oxygen atoms in total. The lowest BCUT2D eigenvalue weighted by Gasteiger charge is -2.34. The number of carbonyl (C=O) groups excluding carboxylic acids is 3. The summed E-state index contributed by atoms with van der Waals surface area (Å²) >= 11 is 0. The first kappa shape index (κ1) is 31.1. The number of aryl methyl sites for hydroxylation is 2. The Kier molecular flexibility index (Phi) is 10.9. The van der Waals surface area contributed by atoms with E-state index in [1.165, 1.54) is 4.90 Å². The second-order valence-corrected chi connectivity index (χ2v) is 11.1. The molecule has 7 heteroatoms. The molecule has 216 valence electrons. The molecule has 3 rings (SSSR count). The van der Waals surface area contributed by atoms with Crippen LogP contribution in [0.5, 0.6) is 0 Å². The Balaban J connectivity index is 2.02. The highest BCUT2D eigenvalue weighted by atomic mass is 16.6. The molecule has 3 aromatic rings. The normalized spacial score (nSPS) is 12.5. The minimum absolute atomic E-state index is 0.0941. The fraction of sp³-hybridized carbons (Fsp3) is 0.324. The zero-order valence-corrected chi connectivity index (χ0v) is 24.6. The van der Waals surface area contributed by atoms with Crippen molar-refractivity contribution in [1.82, 2.24) is 15.5 Å². The number of alkyl carbamates (subject to hydrolysis) is 1. The predicted molar refractivity (Wildman–Crippen MR) is 162 cm³/mol. The Labute approximate surface area is 243 Å². The van der Waals surface area contributed by atoms with Crippen LogP contribution in [-0.4, -0.2) is 41.0 Å². The standard InChI is InChI=1S/C34H41N3O4/c1-7-20-37(32(39)29(22-26-14-10-8-11-15-26)36-33(40)41-34(4,5)6)30(28-19-18-24(2)21-25(28)3)31(38)35-23-27-16-12-9-13-17-27/h7-19,21,29-30H,1,20,22-23H2,2-6H3,(H,35,38)(H,36,40). The maximum Gasteiger partial charge on any atom is 0.408 e. The number of rotatable bonds is 11. The second kappa shape index (κ2) is 14.3. The van der Waals surface area contributed by atoms with E-state index in [0.29, 0.717) is 12.1 Å². The van der Waals surface area contributed by atoms with Crippen molar-refractivity contribution in [3.63, 3.8) is 0 Å². The molecule has 2 unspecified atom stereocenters. The molecule has 0 aliphatic heterocycles. The largest absolute Gasteiger partial charge is 0.444 e. The van der Waals surface area contributed by atoms with Crippen molar-refractivity contribution in [3.8, 4) is 0 Å². The highest BCUT2D eigenvalue weighted by Gasteiger charge is 2.36. The number of nitrogens with one attached hydrogen (secondary N) is 2. The zero-order chi connectivity index (χ0) is 30.0. The summed E-state index contributed by atoms with van der Waals surface area (Å²) in [7, 11) is 0. The lowest BCUT2D eigenvalue weighted by atomic mass is 9.95. The molecule has 41 heavy (non-hydrogen) atoms. The first-order chi connectivity index (χ1) is 19.5. The van der Waals surface area contributed by atoms with Crippen LogP contribution in [0.3, 0.4) is 0 Å². The SMILES string of the molecule is C=CCN(C(=O)C(Cc1ccccc1)NC(=O)OC(C)(C)C)C(C(=O)NCc1ccccc1)c1ccc(C)cc1C. The number of benzene rings is 3. The van der Waals surface area contributed by atoms with Crippen molar-refractivity contribution in [3.05, 3.63) is 119 Å². The number of carbonyl (C=O) groups is 3. The number of ether oxygens (including phenoxy) is 1. The number of hydrogen-bond donors (Lipinski definition) is 2. The molecule has 0 fully saturated rings. The predicted octanol–water partition coefficient (Wildman–Crippen LogP) is 5.81. The van der Waals surface area contributed by atoms with Crippen molar-refractivity contribution in [2.75, 3.05) is 6.54 Å². The third-order valence-electron chi connectivity index (χ3n) is 6.47. The van der Waals surface area contributed by atoms with E-state index in [9.17, 15) is 14.4 Å². The fourth-order valence-corrected chi connectivity index (χ4v) is 4.63. The smallest absolute Gasteiger partial charge is 0.408 e. The summed E-state index contributed by atoms with van der Waals surface area (Å²) in [4.78, 5) is 42.6. The van der Waals surface area contributed by atoms with E-state index in [1.54, 1.807) is 26.8 Å². The van der Waals surface area contributed by atoms with Gasteiger partial charge in [0.05, 0.1) is 0 Å². The quantitative estimate of drug-likeness (QED) is 0.292. The molecule has 0 saturated heterocycles. The summed E-state index contributed by atoms with van der Waals surface area (Å²) < 4.78 is 5.49. The van der Waals surface area contributed by atoms with Gasteiger partial charge in [-0.05, 0) is 56.9 Å². The monoisotopic (exact) mass is 555 g/mol. The average Bonchev–Trinajstić information content (AvgIpc) is 2.92. The number of hydrogen-bond acceptors (Lipinski definition) is 4. The molecule has 0 saturated carbocycles. The third kappa shape index (κ3) is 9.34. The minimum atomic E-state index is -0.984. The van der Waals surface area contributed by atoms with Gasteiger partial charge in [0.15, 0.2) is 0 Å². The Morgan fingerprint density at radius 1 is 0.927 bits per heavy atom. The molecular weight excluding hydrogens is 514 g/mol. The molecule has 0 bridgehead atoms. The Morgan fingerprint density at radius 3 is 2.10 bits per heavy atom. The van der Waals surface area contributed by atoms with E-state index in [1.807, 2.05) is 92.7 Å². The van der Waals surface area contributed by atoms with Crippen LogP contribution < -0.4 is 10.6 Å². The summed E-state index contributed by atoms with van der Waals surface area (Å²) in [5.41, 5.74) is 3.68. The molecule has 3 aromatic carbocycles. The van der Waals surface area contributed by atoms with Crippen LogP contribution in [0.15, 0.2) is 91.5 Å². The van der Waals surface area contributed by atoms with E-state index in [0.717, 1.165) is 22.3 Å². The van der Waals surface area contributed by atoms with Gasteiger partial charge in [0.2, 0.25) is 11.8 Å².